The Balaban J connectivity index is 1.97. The maximum atomic E-state index is 12.2. The predicted molar refractivity (Wildman–Crippen MR) is 65.1 cm³/mol. The van der Waals surface area contributed by atoms with Crippen LogP contribution in [0, 0.1) is 11.8 Å². The number of nitrogens with zero attached hydrogens (tertiary/aromatic N) is 1. The van der Waals surface area contributed by atoms with Crippen molar-refractivity contribution >= 4 is 11.9 Å². The summed E-state index contributed by atoms with van der Waals surface area (Å²) in [5.41, 5.74) is 0. The third-order valence-corrected chi connectivity index (χ3v) is 4.12. The van der Waals surface area contributed by atoms with Gasteiger partial charge in [-0.2, -0.15) is 0 Å². The third kappa shape index (κ3) is 2.66. The molecular weight excluding hydrogens is 234 g/mol. The van der Waals surface area contributed by atoms with Gasteiger partial charge in [-0.25, -0.2) is 0 Å². The van der Waals surface area contributed by atoms with Gasteiger partial charge in [0.1, 0.15) is 5.92 Å². The van der Waals surface area contributed by atoms with E-state index < -0.39 is 11.9 Å². The molecule has 2 fully saturated rings. The van der Waals surface area contributed by atoms with E-state index in [0.29, 0.717) is 25.5 Å². The van der Waals surface area contributed by atoms with Crippen molar-refractivity contribution in [1.82, 2.24) is 4.90 Å². The summed E-state index contributed by atoms with van der Waals surface area (Å²) in [6.07, 6.45) is 4.05. The number of rotatable bonds is 5. The van der Waals surface area contributed by atoms with Crippen LogP contribution in [0.15, 0.2) is 0 Å². The van der Waals surface area contributed by atoms with Crippen LogP contribution >= 0.6 is 0 Å². The highest BCUT2D eigenvalue weighted by Gasteiger charge is 2.39. The van der Waals surface area contributed by atoms with Crippen molar-refractivity contribution in [2.75, 3.05) is 19.8 Å². The smallest absolute Gasteiger partial charge is 0.311 e. The summed E-state index contributed by atoms with van der Waals surface area (Å²) in [4.78, 5) is 25.0. The lowest BCUT2D eigenvalue weighted by atomic mass is 9.82. The van der Waals surface area contributed by atoms with Crippen LogP contribution in [0.5, 0.6) is 0 Å². The van der Waals surface area contributed by atoms with Crippen LogP contribution in [0.4, 0.5) is 0 Å². The van der Waals surface area contributed by atoms with Crippen molar-refractivity contribution in [3.8, 4) is 0 Å². The molecule has 1 amide bonds. The molecule has 1 saturated carbocycles. The van der Waals surface area contributed by atoms with Crippen LogP contribution in [0.25, 0.3) is 0 Å². The normalized spacial score (nSPS) is 27.8. The van der Waals surface area contributed by atoms with Gasteiger partial charge in [-0.05, 0) is 25.7 Å². The maximum absolute atomic E-state index is 12.2. The van der Waals surface area contributed by atoms with Crippen LogP contribution in [0.3, 0.4) is 0 Å². The van der Waals surface area contributed by atoms with Crippen molar-refractivity contribution in [2.24, 2.45) is 11.8 Å². The molecule has 102 valence electrons. The predicted octanol–water partition coefficient (Wildman–Crippen LogP) is 1.12. The summed E-state index contributed by atoms with van der Waals surface area (Å²) in [7, 11) is 0. The monoisotopic (exact) mass is 255 g/mol. The molecule has 0 aromatic heterocycles. The molecule has 1 aliphatic carbocycles. The second kappa shape index (κ2) is 5.69. The fourth-order valence-corrected chi connectivity index (χ4v) is 2.74. The SMILES string of the molecule is CCN(C(=O)CC1CCC1)C1COCC1C(=O)O. The number of hydrogen-bond acceptors (Lipinski definition) is 3. The number of carbonyl (C=O) groups excluding carboxylic acids is 1. The van der Waals surface area contributed by atoms with Crippen LogP contribution < -0.4 is 0 Å². The van der Waals surface area contributed by atoms with Crippen LogP contribution in [-0.2, 0) is 14.3 Å². The topological polar surface area (TPSA) is 66.8 Å². The zero-order chi connectivity index (χ0) is 13.1. The summed E-state index contributed by atoms with van der Waals surface area (Å²) in [5.74, 6) is -0.844. The minimum Gasteiger partial charge on any atom is -0.481 e. The molecule has 2 aliphatic rings. The fraction of sp³-hybridized carbons (Fsp3) is 0.846. The van der Waals surface area contributed by atoms with Gasteiger partial charge in [-0.3, -0.25) is 9.59 Å². The molecule has 5 nitrogen and oxygen atoms in total. The molecular formula is C13H21NO4. The van der Waals surface area contributed by atoms with Crippen molar-refractivity contribution in [3.63, 3.8) is 0 Å². The van der Waals surface area contributed by atoms with Crippen molar-refractivity contribution in [1.29, 1.82) is 0 Å². The van der Waals surface area contributed by atoms with E-state index in [9.17, 15) is 9.59 Å². The molecule has 0 aromatic carbocycles. The fourth-order valence-electron chi connectivity index (χ4n) is 2.74. The van der Waals surface area contributed by atoms with E-state index in [1.165, 1.54) is 6.42 Å². The van der Waals surface area contributed by atoms with Crippen LogP contribution in [-0.4, -0.2) is 47.7 Å². The first kappa shape index (κ1) is 13.3. The number of ether oxygens (including phenoxy) is 1. The number of aliphatic carboxylic acids is 1. The average molecular weight is 255 g/mol. The Morgan fingerprint density at radius 3 is 2.56 bits per heavy atom. The molecule has 1 heterocycles. The Morgan fingerprint density at radius 2 is 2.06 bits per heavy atom. The lowest BCUT2D eigenvalue weighted by molar-refractivity contribution is -0.145. The minimum atomic E-state index is -0.868. The van der Waals surface area contributed by atoms with Gasteiger partial charge in [0.05, 0.1) is 19.3 Å². The van der Waals surface area contributed by atoms with E-state index >= 15 is 0 Å². The first-order valence-corrected chi connectivity index (χ1v) is 6.73. The van der Waals surface area contributed by atoms with Gasteiger partial charge in [0.15, 0.2) is 0 Å². The lowest BCUT2D eigenvalue weighted by Crippen LogP contribution is -2.47. The van der Waals surface area contributed by atoms with Gasteiger partial charge in [0, 0.05) is 13.0 Å². The Kier molecular flexibility index (Phi) is 4.22. The molecule has 0 bridgehead atoms. The Morgan fingerprint density at radius 1 is 1.33 bits per heavy atom. The molecule has 1 N–H and O–H groups in total. The average Bonchev–Trinajstić information content (AvgIpc) is 2.73. The molecule has 0 aromatic rings. The second-order valence-electron chi connectivity index (χ2n) is 5.23. The summed E-state index contributed by atoms with van der Waals surface area (Å²) < 4.78 is 5.23. The second-order valence-corrected chi connectivity index (χ2v) is 5.23. The van der Waals surface area contributed by atoms with Crippen molar-refractivity contribution < 1.29 is 19.4 Å². The van der Waals surface area contributed by atoms with E-state index in [-0.39, 0.29) is 18.6 Å². The molecule has 1 saturated heterocycles. The van der Waals surface area contributed by atoms with E-state index in [1.807, 2.05) is 6.92 Å². The number of carboxylic acid groups (broad SMARTS) is 1. The van der Waals surface area contributed by atoms with Gasteiger partial charge in [-0.1, -0.05) is 6.42 Å². The van der Waals surface area contributed by atoms with E-state index in [2.05, 4.69) is 0 Å². The van der Waals surface area contributed by atoms with Gasteiger partial charge in [0.25, 0.3) is 0 Å². The first-order chi connectivity index (χ1) is 8.63. The molecule has 2 rings (SSSR count). The number of carboxylic acids is 1. The largest absolute Gasteiger partial charge is 0.481 e. The number of amides is 1. The lowest BCUT2D eigenvalue weighted by Gasteiger charge is -2.32. The van der Waals surface area contributed by atoms with Crippen molar-refractivity contribution in [3.05, 3.63) is 0 Å². The first-order valence-electron chi connectivity index (χ1n) is 6.73. The highest BCUT2D eigenvalue weighted by molar-refractivity contribution is 5.79. The van der Waals surface area contributed by atoms with Gasteiger partial charge < -0.3 is 14.7 Å². The number of hydrogen-bond donors (Lipinski definition) is 1. The standard InChI is InChI=1S/C13H21NO4/c1-2-14(12(15)6-9-4-3-5-9)11-8-18-7-10(11)13(16)17/h9-11H,2-8H2,1H3,(H,16,17). The van der Waals surface area contributed by atoms with E-state index in [4.69, 9.17) is 9.84 Å². The van der Waals surface area contributed by atoms with Crippen LogP contribution in [0.2, 0.25) is 0 Å². The van der Waals surface area contributed by atoms with Crippen LogP contribution in [0.1, 0.15) is 32.6 Å². The summed E-state index contributed by atoms with van der Waals surface area (Å²) in [6.45, 7) is 3.02. The summed E-state index contributed by atoms with van der Waals surface area (Å²) in [6, 6.07) is -0.292. The van der Waals surface area contributed by atoms with E-state index in [1.54, 1.807) is 4.90 Å². The quantitative estimate of drug-likeness (QED) is 0.799. The molecule has 2 unspecified atom stereocenters. The van der Waals surface area contributed by atoms with Gasteiger partial charge in [-0.15, -0.1) is 0 Å². The molecule has 0 spiro atoms. The number of likely N-dealkylation sites (N-methyl/N-ethyl adjacent to an activating group) is 1. The van der Waals surface area contributed by atoms with Crippen molar-refractivity contribution in [2.45, 2.75) is 38.6 Å². The third-order valence-electron chi connectivity index (χ3n) is 4.12. The highest BCUT2D eigenvalue weighted by atomic mass is 16.5. The summed E-state index contributed by atoms with van der Waals surface area (Å²) >= 11 is 0. The minimum absolute atomic E-state index is 0.0870. The van der Waals surface area contributed by atoms with Gasteiger partial charge >= 0.3 is 5.97 Å². The maximum Gasteiger partial charge on any atom is 0.311 e. The zero-order valence-electron chi connectivity index (χ0n) is 10.8. The molecule has 5 heteroatoms. The number of carbonyl (C=O) groups is 2. The van der Waals surface area contributed by atoms with E-state index in [0.717, 1.165) is 12.8 Å². The molecule has 1 aliphatic heterocycles. The highest BCUT2D eigenvalue weighted by Crippen LogP contribution is 2.31. The molecule has 2 atom stereocenters. The Labute approximate surface area is 107 Å². The zero-order valence-corrected chi connectivity index (χ0v) is 10.8. The van der Waals surface area contributed by atoms with Gasteiger partial charge in [0.2, 0.25) is 5.91 Å². The molecule has 0 radical (unpaired) electrons. The Hall–Kier alpha value is -1.10. The Bertz CT molecular complexity index is 327. The molecule has 18 heavy (non-hydrogen) atoms. The summed E-state index contributed by atoms with van der Waals surface area (Å²) in [5, 5.41) is 9.13.